The van der Waals surface area contributed by atoms with Crippen molar-refractivity contribution in [2.24, 2.45) is 0 Å². The molecule has 0 amide bonds. The maximum Gasteiger partial charge on any atom is 0.328 e. The van der Waals surface area contributed by atoms with Crippen molar-refractivity contribution < 1.29 is 14.3 Å². The quantitative estimate of drug-likeness (QED) is 0.704. The molecule has 0 bridgehead atoms. The summed E-state index contributed by atoms with van der Waals surface area (Å²) >= 11 is 0. The summed E-state index contributed by atoms with van der Waals surface area (Å²) in [6.45, 7) is 5.73. The molecular weight excluding hydrogens is 292 g/mol. The second-order valence-corrected chi connectivity index (χ2v) is 5.92. The van der Waals surface area contributed by atoms with E-state index < -0.39 is 5.54 Å². The smallest absolute Gasteiger partial charge is 0.328 e. The monoisotopic (exact) mass is 320 g/mol. The van der Waals surface area contributed by atoms with E-state index in [1.54, 1.807) is 0 Å². The van der Waals surface area contributed by atoms with Gasteiger partial charge < -0.3 is 14.8 Å². The molecule has 0 aromatic heterocycles. The number of rotatable bonds is 9. The van der Waals surface area contributed by atoms with Crippen LogP contribution in [0.4, 0.5) is 0 Å². The lowest BCUT2D eigenvalue weighted by atomic mass is 9.97. The van der Waals surface area contributed by atoms with Gasteiger partial charge in [-0.2, -0.15) is 0 Å². The van der Waals surface area contributed by atoms with Crippen LogP contribution in [0.15, 0.2) is 30.3 Å². The predicted molar refractivity (Wildman–Crippen MR) is 90.2 cm³/mol. The van der Waals surface area contributed by atoms with Crippen molar-refractivity contribution >= 4 is 5.97 Å². The molecule has 1 aromatic carbocycles. The van der Waals surface area contributed by atoms with E-state index in [2.05, 4.69) is 10.2 Å². The molecule has 0 aliphatic carbocycles. The number of likely N-dealkylation sites (N-methyl/N-ethyl adjacent to an activating group) is 1. The molecule has 0 saturated carbocycles. The summed E-state index contributed by atoms with van der Waals surface area (Å²) in [6.07, 6.45) is 1.79. The lowest BCUT2D eigenvalue weighted by molar-refractivity contribution is -0.160. The van der Waals surface area contributed by atoms with E-state index in [4.69, 9.17) is 9.47 Å². The minimum absolute atomic E-state index is 0.151. The summed E-state index contributed by atoms with van der Waals surface area (Å²) in [5.41, 5.74) is 0.480. The zero-order valence-electron chi connectivity index (χ0n) is 14.2. The topological polar surface area (TPSA) is 50.8 Å². The summed E-state index contributed by atoms with van der Waals surface area (Å²) in [6, 6.07) is 10.0. The molecule has 5 nitrogen and oxygen atoms in total. The van der Waals surface area contributed by atoms with Crippen molar-refractivity contribution in [3.05, 3.63) is 35.9 Å². The predicted octanol–water partition coefficient (Wildman–Crippen LogP) is 1.82. The largest absolute Gasteiger partial charge is 0.465 e. The van der Waals surface area contributed by atoms with Crippen LogP contribution in [0.2, 0.25) is 0 Å². The highest BCUT2D eigenvalue weighted by molar-refractivity contribution is 5.81. The fourth-order valence-corrected chi connectivity index (χ4v) is 3.14. The standard InChI is InChI=1S/C18H28N2O3/c1-3-23-17(21)18(10-7-12-20(18)13-11-19-2)15-22-14-16-8-5-4-6-9-16/h4-6,8-9,19H,3,7,10-15H2,1-2H3. The molecule has 1 atom stereocenters. The van der Waals surface area contributed by atoms with Crippen LogP contribution in [0.3, 0.4) is 0 Å². The van der Waals surface area contributed by atoms with Crippen molar-refractivity contribution in [2.45, 2.75) is 31.9 Å². The van der Waals surface area contributed by atoms with Crippen LogP contribution in [-0.2, 0) is 20.9 Å². The van der Waals surface area contributed by atoms with Gasteiger partial charge in [0.05, 0.1) is 19.8 Å². The van der Waals surface area contributed by atoms with Gasteiger partial charge in [-0.05, 0) is 38.9 Å². The lowest BCUT2D eigenvalue weighted by Crippen LogP contribution is -2.56. The maximum absolute atomic E-state index is 12.6. The Morgan fingerprint density at radius 2 is 2.13 bits per heavy atom. The number of hydrogen-bond acceptors (Lipinski definition) is 5. The molecule has 2 rings (SSSR count). The van der Waals surface area contributed by atoms with Gasteiger partial charge in [0.1, 0.15) is 5.54 Å². The molecule has 1 N–H and O–H groups in total. The highest BCUT2D eigenvalue weighted by atomic mass is 16.5. The minimum atomic E-state index is -0.637. The van der Waals surface area contributed by atoms with Crippen molar-refractivity contribution in [3.8, 4) is 0 Å². The number of nitrogens with zero attached hydrogens (tertiary/aromatic N) is 1. The molecule has 1 saturated heterocycles. The fraction of sp³-hybridized carbons (Fsp3) is 0.611. The maximum atomic E-state index is 12.6. The van der Waals surface area contributed by atoms with Crippen LogP contribution in [0, 0.1) is 0 Å². The van der Waals surface area contributed by atoms with Gasteiger partial charge in [0.25, 0.3) is 0 Å². The highest BCUT2D eigenvalue weighted by Crippen LogP contribution is 2.31. The van der Waals surface area contributed by atoms with Crippen LogP contribution in [0.5, 0.6) is 0 Å². The van der Waals surface area contributed by atoms with Crippen LogP contribution in [0.1, 0.15) is 25.3 Å². The Bertz CT molecular complexity index is 480. The van der Waals surface area contributed by atoms with Gasteiger partial charge in [-0.15, -0.1) is 0 Å². The molecule has 1 aliphatic heterocycles. The summed E-state index contributed by atoms with van der Waals surface area (Å²) in [4.78, 5) is 14.8. The van der Waals surface area contributed by atoms with Crippen molar-refractivity contribution in [2.75, 3.05) is 39.9 Å². The summed E-state index contributed by atoms with van der Waals surface area (Å²) < 4.78 is 11.3. The average Bonchev–Trinajstić information content (AvgIpc) is 2.98. The van der Waals surface area contributed by atoms with E-state index in [0.29, 0.717) is 19.8 Å². The summed E-state index contributed by atoms with van der Waals surface area (Å²) in [7, 11) is 1.92. The second kappa shape index (κ2) is 9.01. The number of ether oxygens (including phenoxy) is 2. The summed E-state index contributed by atoms with van der Waals surface area (Å²) in [5.74, 6) is -0.151. The Kier molecular flexibility index (Phi) is 7.02. The number of benzene rings is 1. The normalized spacial score (nSPS) is 21.5. The van der Waals surface area contributed by atoms with Gasteiger partial charge in [-0.1, -0.05) is 30.3 Å². The van der Waals surface area contributed by atoms with E-state index in [9.17, 15) is 4.79 Å². The van der Waals surface area contributed by atoms with E-state index in [-0.39, 0.29) is 5.97 Å². The third-order valence-corrected chi connectivity index (χ3v) is 4.36. The Morgan fingerprint density at radius 1 is 1.35 bits per heavy atom. The van der Waals surface area contributed by atoms with Crippen LogP contribution >= 0.6 is 0 Å². The Balaban J connectivity index is 2.02. The molecule has 23 heavy (non-hydrogen) atoms. The van der Waals surface area contributed by atoms with E-state index in [0.717, 1.165) is 38.0 Å². The molecule has 1 aliphatic rings. The average molecular weight is 320 g/mol. The summed E-state index contributed by atoms with van der Waals surface area (Å²) in [5, 5.41) is 3.15. The van der Waals surface area contributed by atoms with Gasteiger partial charge in [-0.3, -0.25) is 4.90 Å². The SMILES string of the molecule is CCOC(=O)C1(COCc2ccccc2)CCCN1CCNC. The number of nitrogens with one attached hydrogen (secondary N) is 1. The molecule has 1 unspecified atom stereocenters. The Morgan fingerprint density at radius 3 is 2.83 bits per heavy atom. The van der Waals surface area contributed by atoms with Gasteiger partial charge >= 0.3 is 5.97 Å². The first kappa shape index (κ1) is 17.9. The number of likely N-dealkylation sites (tertiary alicyclic amines) is 1. The number of carbonyl (C=O) groups is 1. The van der Waals surface area contributed by atoms with Gasteiger partial charge in [0.2, 0.25) is 0 Å². The molecule has 1 fully saturated rings. The lowest BCUT2D eigenvalue weighted by Gasteiger charge is -2.36. The molecule has 0 radical (unpaired) electrons. The van der Waals surface area contributed by atoms with Crippen molar-refractivity contribution in [3.63, 3.8) is 0 Å². The zero-order valence-corrected chi connectivity index (χ0v) is 14.2. The van der Waals surface area contributed by atoms with Gasteiger partial charge in [0.15, 0.2) is 0 Å². The highest BCUT2D eigenvalue weighted by Gasteiger charge is 2.48. The number of hydrogen-bond donors (Lipinski definition) is 1. The molecule has 1 aromatic rings. The van der Waals surface area contributed by atoms with Crippen molar-refractivity contribution in [1.29, 1.82) is 0 Å². The second-order valence-electron chi connectivity index (χ2n) is 5.92. The molecule has 128 valence electrons. The van der Waals surface area contributed by atoms with Crippen LogP contribution < -0.4 is 5.32 Å². The van der Waals surface area contributed by atoms with Gasteiger partial charge in [-0.25, -0.2) is 4.79 Å². The molecule has 5 heteroatoms. The Hall–Kier alpha value is -1.43. The molecule has 1 heterocycles. The third-order valence-electron chi connectivity index (χ3n) is 4.36. The van der Waals surface area contributed by atoms with E-state index >= 15 is 0 Å². The number of carbonyl (C=O) groups excluding carboxylic acids is 1. The number of esters is 1. The first-order chi connectivity index (χ1) is 11.2. The van der Waals surface area contributed by atoms with E-state index in [1.165, 1.54) is 0 Å². The van der Waals surface area contributed by atoms with Crippen molar-refractivity contribution in [1.82, 2.24) is 10.2 Å². The van der Waals surface area contributed by atoms with Crippen LogP contribution in [-0.4, -0.2) is 56.3 Å². The molecule has 0 spiro atoms. The minimum Gasteiger partial charge on any atom is -0.465 e. The van der Waals surface area contributed by atoms with E-state index in [1.807, 2.05) is 44.3 Å². The first-order valence-electron chi connectivity index (χ1n) is 8.41. The Labute approximate surface area is 139 Å². The van der Waals surface area contributed by atoms with Crippen LogP contribution in [0.25, 0.3) is 0 Å². The zero-order chi connectivity index (χ0) is 16.5. The molecular formula is C18H28N2O3. The van der Waals surface area contributed by atoms with Gasteiger partial charge in [0, 0.05) is 13.1 Å². The first-order valence-corrected chi connectivity index (χ1v) is 8.41. The third kappa shape index (κ3) is 4.53. The fourth-order valence-electron chi connectivity index (χ4n) is 3.14.